The molecule has 0 spiro atoms. The second-order valence-corrected chi connectivity index (χ2v) is 8.40. The number of aliphatic imine (C=N–C) groups is 1. The first-order chi connectivity index (χ1) is 13.8. The van der Waals surface area contributed by atoms with E-state index in [1.165, 1.54) is 5.69 Å². The van der Waals surface area contributed by atoms with Crippen molar-refractivity contribution in [2.45, 2.75) is 31.5 Å². The van der Waals surface area contributed by atoms with Crippen LogP contribution < -0.4 is 0 Å². The number of fused-ring (bicyclic) bond motifs is 1. The molecule has 142 valence electrons. The highest BCUT2D eigenvalue weighted by Crippen LogP contribution is 2.48. The molecule has 0 aliphatic carbocycles. The van der Waals surface area contributed by atoms with E-state index in [1.54, 1.807) is 6.20 Å². The summed E-state index contributed by atoms with van der Waals surface area (Å²) >= 11 is 7.90. The van der Waals surface area contributed by atoms with E-state index in [1.807, 2.05) is 42.2 Å². The van der Waals surface area contributed by atoms with E-state index in [9.17, 15) is 0 Å². The molecule has 1 fully saturated rings. The number of thioether (sulfide) groups is 1. The fraction of sp³-hybridized carbons (Fsp3) is 0.286. The smallest absolute Gasteiger partial charge is 0.160 e. The lowest BCUT2D eigenvalue weighted by Gasteiger charge is -2.32. The van der Waals surface area contributed by atoms with Gasteiger partial charge in [0, 0.05) is 36.1 Å². The molecule has 0 bridgehead atoms. The molecule has 3 aromatic rings. The van der Waals surface area contributed by atoms with Gasteiger partial charge in [-0.3, -0.25) is 9.98 Å². The first-order valence-electron chi connectivity index (χ1n) is 9.45. The summed E-state index contributed by atoms with van der Waals surface area (Å²) in [5.74, 6) is 1.94. The van der Waals surface area contributed by atoms with Gasteiger partial charge >= 0.3 is 0 Å². The minimum atomic E-state index is -0.0287. The molecule has 5 nitrogen and oxygen atoms in total. The highest BCUT2D eigenvalue weighted by Gasteiger charge is 2.46. The Morgan fingerprint density at radius 1 is 1.14 bits per heavy atom. The molecule has 3 atom stereocenters. The number of amidine groups is 1. The third kappa shape index (κ3) is 2.91. The summed E-state index contributed by atoms with van der Waals surface area (Å²) in [4.78, 5) is 16.7. The van der Waals surface area contributed by atoms with Crippen molar-refractivity contribution in [2.75, 3.05) is 5.75 Å². The highest BCUT2D eigenvalue weighted by atomic mass is 35.5. The third-order valence-corrected chi connectivity index (χ3v) is 6.72. The minimum absolute atomic E-state index is 0.0287. The van der Waals surface area contributed by atoms with Crippen LogP contribution in [-0.4, -0.2) is 36.4 Å². The summed E-state index contributed by atoms with van der Waals surface area (Å²) in [6.07, 6.45) is 6.69. The van der Waals surface area contributed by atoms with E-state index >= 15 is 0 Å². The SMILES string of the molecule is CC[C@@H]1CSC2=N[C@@H](c3ccccn3)[C@@H](c3cccn3-c3ccc(Cl)cn3)N21. The summed E-state index contributed by atoms with van der Waals surface area (Å²) in [7, 11) is 0. The fourth-order valence-corrected chi connectivity index (χ4v) is 5.47. The zero-order chi connectivity index (χ0) is 19.1. The van der Waals surface area contributed by atoms with E-state index in [2.05, 4.69) is 50.8 Å². The minimum Gasteiger partial charge on any atom is -0.337 e. The van der Waals surface area contributed by atoms with Crippen LogP contribution in [0.3, 0.4) is 0 Å². The van der Waals surface area contributed by atoms with Gasteiger partial charge in [-0.2, -0.15) is 0 Å². The number of nitrogens with zero attached hydrogens (tertiary/aromatic N) is 5. The molecule has 2 aliphatic heterocycles. The van der Waals surface area contributed by atoms with Crippen molar-refractivity contribution in [3.63, 3.8) is 0 Å². The average Bonchev–Trinajstić information content (AvgIpc) is 3.44. The Hall–Kier alpha value is -2.31. The third-order valence-electron chi connectivity index (χ3n) is 5.37. The Bertz CT molecular complexity index is 1000. The first-order valence-corrected chi connectivity index (χ1v) is 10.8. The summed E-state index contributed by atoms with van der Waals surface area (Å²) in [6, 6.07) is 14.7. The van der Waals surface area contributed by atoms with Gasteiger partial charge in [0.25, 0.3) is 0 Å². The Kier molecular flexibility index (Phi) is 4.61. The lowest BCUT2D eigenvalue weighted by atomic mass is 9.99. The maximum absolute atomic E-state index is 6.04. The van der Waals surface area contributed by atoms with Crippen molar-refractivity contribution in [3.05, 3.63) is 77.5 Å². The van der Waals surface area contributed by atoms with Crippen LogP contribution in [0.1, 0.15) is 36.8 Å². The van der Waals surface area contributed by atoms with Gasteiger partial charge < -0.3 is 9.47 Å². The number of aromatic nitrogens is 3. The predicted octanol–water partition coefficient (Wildman–Crippen LogP) is 4.90. The molecule has 0 aromatic carbocycles. The number of halogens is 1. The molecule has 5 rings (SSSR count). The zero-order valence-electron chi connectivity index (χ0n) is 15.4. The molecule has 1 saturated heterocycles. The standard InChI is InChI=1S/C21H20ClN5S/c1-2-15-13-28-21-25-19(16-6-3-4-10-23-16)20(27(15)21)17-7-5-11-26(17)18-9-8-14(22)12-24-18/h3-12,15,19-20H,2,13H2,1H3/t15-,19+,20-/m1/s1. The summed E-state index contributed by atoms with van der Waals surface area (Å²) < 4.78 is 2.14. The van der Waals surface area contributed by atoms with Crippen molar-refractivity contribution in [3.8, 4) is 5.82 Å². The summed E-state index contributed by atoms with van der Waals surface area (Å²) in [5.41, 5.74) is 2.17. The van der Waals surface area contributed by atoms with Crippen molar-refractivity contribution in [1.82, 2.24) is 19.4 Å². The molecule has 28 heavy (non-hydrogen) atoms. The zero-order valence-corrected chi connectivity index (χ0v) is 17.0. The predicted molar refractivity (Wildman–Crippen MR) is 114 cm³/mol. The van der Waals surface area contributed by atoms with Crippen LogP contribution in [-0.2, 0) is 0 Å². The number of hydrogen-bond acceptors (Lipinski definition) is 5. The van der Waals surface area contributed by atoms with E-state index in [0.717, 1.165) is 28.9 Å². The Morgan fingerprint density at radius 3 is 2.82 bits per heavy atom. The van der Waals surface area contributed by atoms with Crippen molar-refractivity contribution >= 4 is 28.5 Å². The highest BCUT2D eigenvalue weighted by molar-refractivity contribution is 8.14. The average molecular weight is 410 g/mol. The van der Waals surface area contributed by atoms with Crippen molar-refractivity contribution < 1.29 is 0 Å². The van der Waals surface area contributed by atoms with Crippen molar-refractivity contribution in [1.29, 1.82) is 0 Å². The van der Waals surface area contributed by atoms with Crippen LogP contribution in [0, 0.1) is 0 Å². The second-order valence-electron chi connectivity index (χ2n) is 6.97. The molecule has 0 unspecified atom stereocenters. The first kappa shape index (κ1) is 17.8. The lowest BCUT2D eigenvalue weighted by molar-refractivity contribution is 0.248. The Labute approximate surface area is 173 Å². The molecule has 7 heteroatoms. The monoisotopic (exact) mass is 409 g/mol. The van der Waals surface area contributed by atoms with Gasteiger partial charge in [-0.15, -0.1) is 0 Å². The molecule has 2 aliphatic rings. The maximum Gasteiger partial charge on any atom is 0.160 e. The van der Waals surface area contributed by atoms with Crippen LogP contribution in [0.5, 0.6) is 0 Å². The molecule has 0 radical (unpaired) electrons. The van der Waals surface area contributed by atoms with E-state index in [0.29, 0.717) is 11.1 Å². The normalized spacial score (nSPS) is 23.7. The van der Waals surface area contributed by atoms with Gasteiger partial charge in [0.05, 0.1) is 10.7 Å². The molecule has 0 amide bonds. The fourth-order valence-electron chi connectivity index (χ4n) is 4.03. The molecule has 5 heterocycles. The second kappa shape index (κ2) is 7.26. The molecular weight excluding hydrogens is 390 g/mol. The maximum atomic E-state index is 6.04. The van der Waals surface area contributed by atoms with E-state index < -0.39 is 0 Å². The molecule has 3 aromatic heterocycles. The Balaban J connectivity index is 1.62. The number of pyridine rings is 2. The van der Waals surface area contributed by atoms with Gasteiger partial charge in [-0.05, 0) is 42.8 Å². The van der Waals surface area contributed by atoms with Crippen molar-refractivity contribution in [2.24, 2.45) is 4.99 Å². The van der Waals surface area contributed by atoms with E-state index in [4.69, 9.17) is 16.6 Å². The van der Waals surface area contributed by atoms with E-state index in [-0.39, 0.29) is 12.1 Å². The van der Waals surface area contributed by atoms with Gasteiger partial charge in [0.15, 0.2) is 5.17 Å². The van der Waals surface area contributed by atoms with Crippen LogP contribution in [0.15, 0.2) is 66.0 Å². The quantitative estimate of drug-likeness (QED) is 0.614. The number of hydrogen-bond donors (Lipinski definition) is 0. The van der Waals surface area contributed by atoms with Crippen LogP contribution in [0.4, 0.5) is 0 Å². The summed E-state index contributed by atoms with van der Waals surface area (Å²) in [6.45, 7) is 2.25. The molecular formula is C21H20ClN5S. The number of rotatable bonds is 4. The Morgan fingerprint density at radius 2 is 2.07 bits per heavy atom. The van der Waals surface area contributed by atoms with Gasteiger partial charge in [0.1, 0.15) is 17.9 Å². The lowest BCUT2D eigenvalue weighted by Crippen LogP contribution is -2.36. The summed E-state index contributed by atoms with van der Waals surface area (Å²) in [5, 5.41) is 1.77. The van der Waals surface area contributed by atoms with Crippen LogP contribution >= 0.6 is 23.4 Å². The molecule has 0 N–H and O–H groups in total. The van der Waals surface area contributed by atoms with Gasteiger partial charge in [-0.25, -0.2) is 4.98 Å². The van der Waals surface area contributed by atoms with Crippen LogP contribution in [0.2, 0.25) is 5.02 Å². The van der Waals surface area contributed by atoms with Gasteiger partial charge in [0.2, 0.25) is 0 Å². The topological polar surface area (TPSA) is 46.3 Å². The van der Waals surface area contributed by atoms with Gasteiger partial charge in [-0.1, -0.05) is 36.4 Å². The largest absolute Gasteiger partial charge is 0.337 e. The molecule has 0 saturated carbocycles. The van der Waals surface area contributed by atoms with Crippen LogP contribution in [0.25, 0.3) is 5.82 Å².